The van der Waals surface area contributed by atoms with Crippen LogP contribution in [0, 0.1) is 0 Å². The summed E-state index contributed by atoms with van der Waals surface area (Å²) in [6.45, 7) is 2.19. The molecule has 0 unspecified atom stereocenters. The number of methoxy groups -OCH3 is 1. The number of hydrogen-bond donors (Lipinski definition) is 2. The van der Waals surface area contributed by atoms with Gasteiger partial charge < -0.3 is 14.6 Å². The zero-order chi connectivity index (χ0) is 19.6. The van der Waals surface area contributed by atoms with Crippen LogP contribution in [0.1, 0.15) is 17.3 Å². The third-order valence-corrected chi connectivity index (χ3v) is 4.63. The predicted octanol–water partition coefficient (Wildman–Crippen LogP) is 4.24. The minimum atomic E-state index is -0.314. The maximum atomic E-state index is 12.3. The van der Waals surface area contributed by atoms with Crippen molar-refractivity contribution in [2.24, 2.45) is 0 Å². The van der Waals surface area contributed by atoms with Gasteiger partial charge in [-0.25, -0.2) is 5.48 Å². The molecule has 3 rings (SSSR count). The Hall–Kier alpha value is -2.70. The number of anilines is 1. The lowest BCUT2D eigenvalue weighted by molar-refractivity contribution is 0.0366. The van der Waals surface area contributed by atoms with E-state index >= 15 is 0 Å². The number of H-pyrrole nitrogens is 1. The molecule has 0 saturated heterocycles. The zero-order valence-electron chi connectivity index (χ0n) is 15.7. The van der Waals surface area contributed by atoms with E-state index in [1.807, 2.05) is 49.3 Å². The van der Waals surface area contributed by atoms with Gasteiger partial charge in [0.05, 0.1) is 24.3 Å². The number of carbonyl (C=O) groups is 1. The van der Waals surface area contributed by atoms with Crippen LogP contribution >= 0.6 is 11.6 Å². The van der Waals surface area contributed by atoms with Gasteiger partial charge in [0.1, 0.15) is 5.75 Å². The predicted molar refractivity (Wildman–Crippen MR) is 109 cm³/mol. The molecule has 0 bridgehead atoms. The highest BCUT2D eigenvalue weighted by Crippen LogP contribution is 2.39. The number of nitrogens with zero attached hydrogens (tertiary/aromatic N) is 1. The first-order valence-corrected chi connectivity index (χ1v) is 8.92. The summed E-state index contributed by atoms with van der Waals surface area (Å²) >= 11 is 6.53. The van der Waals surface area contributed by atoms with Crippen LogP contribution in [0.4, 0.5) is 5.69 Å². The molecule has 3 aromatic rings. The van der Waals surface area contributed by atoms with E-state index in [-0.39, 0.29) is 5.91 Å². The monoisotopic (exact) mass is 387 g/mol. The maximum absolute atomic E-state index is 12.3. The van der Waals surface area contributed by atoms with E-state index < -0.39 is 0 Å². The van der Waals surface area contributed by atoms with E-state index in [1.54, 1.807) is 20.2 Å². The second-order valence-electron chi connectivity index (χ2n) is 6.22. The van der Waals surface area contributed by atoms with Crippen LogP contribution < -0.4 is 15.1 Å². The summed E-state index contributed by atoms with van der Waals surface area (Å²) in [7, 11) is 5.56. The van der Waals surface area contributed by atoms with Gasteiger partial charge in [0.25, 0.3) is 5.91 Å². The van der Waals surface area contributed by atoms with E-state index in [0.717, 1.165) is 27.7 Å². The molecule has 6 nitrogen and oxygen atoms in total. The second kappa shape index (κ2) is 7.90. The molecule has 0 fully saturated rings. The number of nitrogens with one attached hydrogen (secondary N) is 2. The van der Waals surface area contributed by atoms with Gasteiger partial charge in [-0.1, -0.05) is 11.6 Å². The fourth-order valence-corrected chi connectivity index (χ4v) is 3.18. The molecule has 0 aliphatic carbocycles. The van der Waals surface area contributed by atoms with E-state index in [0.29, 0.717) is 22.9 Å². The Labute approximate surface area is 163 Å². The van der Waals surface area contributed by atoms with Crippen LogP contribution in [-0.4, -0.2) is 38.7 Å². The van der Waals surface area contributed by atoms with Gasteiger partial charge in [0.15, 0.2) is 0 Å². The Kier molecular flexibility index (Phi) is 5.58. The molecule has 0 radical (unpaired) electrons. The van der Waals surface area contributed by atoms with Gasteiger partial charge >= 0.3 is 0 Å². The highest BCUT2D eigenvalue weighted by molar-refractivity contribution is 6.34. The Morgan fingerprint density at radius 1 is 1.22 bits per heavy atom. The van der Waals surface area contributed by atoms with Crippen LogP contribution in [-0.2, 0) is 4.84 Å². The number of fused-ring (bicyclic) bond motifs is 1. The quantitative estimate of drug-likeness (QED) is 0.621. The lowest BCUT2D eigenvalue weighted by atomic mass is 10.0. The number of carbonyl (C=O) groups excluding carboxylic acids is 1. The van der Waals surface area contributed by atoms with Crippen molar-refractivity contribution in [2.75, 3.05) is 32.7 Å². The van der Waals surface area contributed by atoms with Gasteiger partial charge in [0, 0.05) is 54.1 Å². The van der Waals surface area contributed by atoms with Gasteiger partial charge in [0.2, 0.25) is 0 Å². The molecule has 0 atom stereocenters. The van der Waals surface area contributed by atoms with Crippen LogP contribution in [0.25, 0.3) is 22.0 Å². The molecule has 142 valence electrons. The average molecular weight is 388 g/mol. The van der Waals surface area contributed by atoms with Gasteiger partial charge in [-0.15, -0.1) is 0 Å². The fraction of sp³-hybridized carbons (Fsp3) is 0.250. The molecular formula is C20H22ClN3O3. The Morgan fingerprint density at radius 3 is 2.67 bits per heavy atom. The normalized spacial score (nSPS) is 10.9. The second-order valence-corrected chi connectivity index (χ2v) is 6.63. The first kappa shape index (κ1) is 19.1. The molecular weight excluding hydrogens is 366 g/mol. The number of hydroxylamine groups is 1. The molecule has 2 aromatic carbocycles. The zero-order valence-corrected chi connectivity index (χ0v) is 16.5. The number of benzene rings is 2. The number of aromatic nitrogens is 1. The highest BCUT2D eigenvalue weighted by Gasteiger charge is 2.17. The summed E-state index contributed by atoms with van der Waals surface area (Å²) in [5.41, 5.74) is 6.34. The molecule has 0 spiro atoms. The summed E-state index contributed by atoms with van der Waals surface area (Å²) in [5.74, 6) is 0.393. The summed E-state index contributed by atoms with van der Waals surface area (Å²) in [5, 5.41) is 1.32. The Balaban J connectivity index is 2.12. The number of hydrogen-bond acceptors (Lipinski definition) is 4. The minimum absolute atomic E-state index is 0.314. The van der Waals surface area contributed by atoms with Crippen molar-refractivity contribution in [3.05, 3.63) is 47.1 Å². The van der Waals surface area contributed by atoms with Gasteiger partial charge in [-0.2, -0.15) is 0 Å². The van der Waals surface area contributed by atoms with E-state index in [2.05, 4.69) is 10.5 Å². The van der Waals surface area contributed by atoms with Crippen molar-refractivity contribution in [2.45, 2.75) is 6.92 Å². The van der Waals surface area contributed by atoms with Crippen LogP contribution in [0.3, 0.4) is 0 Å². The van der Waals surface area contributed by atoms with Crippen molar-refractivity contribution in [1.82, 2.24) is 10.5 Å². The van der Waals surface area contributed by atoms with E-state index in [4.69, 9.17) is 21.2 Å². The van der Waals surface area contributed by atoms with E-state index in [1.165, 1.54) is 0 Å². The van der Waals surface area contributed by atoms with Crippen LogP contribution in [0.5, 0.6) is 5.75 Å². The van der Waals surface area contributed by atoms with Crippen LogP contribution in [0.15, 0.2) is 36.5 Å². The number of ether oxygens (including phenoxy) is 1. The summed E-state index contributed by atoms with van der Waals surface area (Å²) in [6, 6.07) is 9.62. The smallest absolute Gasteiger partial charge is 0.277 e. The fourth-order valence-electron chi connectivity index (χ4n) is 2.91. The molecule has 7 heteroatoms. The molecule has 1 heterocycles. The van der Waals surface area contributed by atoms with Crippen LogP contribution in [0.2, 0.25) is 5.02 Å². The highest BCUT2D eigenvalue weighted by atomic mass is 35.5. The lowest BCUT2D eigenvalue weighted by Gasteiger charge is -2.17. The molecule has 0 aliphatic rings. The third kappa shape index (κ3) is 3.72. The molecule has 0 aliphatic heterocycles. The first-order chi connectivity index (χ1) is 13.0. The lowest BCUT2D eigenvalue weighted by Crippen LogP contribution is -2.23. The minimum Gasteiger partial charge on any atom is -0.496 e. The average Bonchev–Trinajstić information content (AvgIpc) is 3.07. The van der Waals surface area contributed by atoms with Crippen molar-refractivity contribution < 1.29 is 14.4 Å². The summed E-state index contributed by atoms with van der Waals surface area (Å²) < 4.78 is 5.58. The first-order valence-electron chi connectivity index (χ1n) is 8.54. The summed E-state index contributed by atoms with van der Waals surface area (Å²) in [4.78, 5) is 22.4. The number of rotatable bonds is 6. The number of amides is 1. The van der Waals surface area contributed by atoms with Crippen molar-refractivity contribution in [3.63, 3.8) is 0 Å². The van der Waals surface area contributed by atoms with E-state index in [9.17, 15) is 4.79 Å². The van der Waals surface area contributed by atoms with Crippen molar-refractivity contribution in [1.29, 1.82) is 0 Å². The Bertz CT molecular complexity index is 982. The molecule has 2 N–H and O–H groups in total. The third-order valence-electron chi connectivity index (χ3n) is 4.31. The molecule has 1 amide bonds. The number of halogens is 1. The molecule has 27 heavy (non-hydrogen) atoms. The van der Waals surface area contributed by atoms with Crippen molar-refractivity contribution >= 4 is 34.1 Å². The maximum Gasteiger partial charge on any atom is 0.277 e. The summed E-state index contributed by atoms with van der Waals surface area (Å²) in [6.07, 6.45) is 1.64. The largest absolute Gasteiger partial charge is 0.496 e. The SMILES string of the molecule is CCONC(=O)c1c[nH]c2cc(Cl)c(-c3ccc(N(C)C)cc3OC)cc12. The number of aromatic amines is 1. The van der Waals surface area contributed by atoms with Gasteiger partial charge in [-0.3, -0.25) is 9.63 Å². The molecule has 1 aromatic heterocycles. The Morgan fingerprint density at radius 2 is 2.00 bits per heavy atom. The van der Waals surface area contributed by atoms with Crippen molar-refractivity contribution in [3.8, 4) is 16.9 Å². The standard InChI is InChI=1S/C20H22ClN3O3/c1-5-27-23-20(25)16-11-22-18-10-17(21)14(9-15(16)18)13-7-6-12(24(2)3)8-19(13)26-4/h6-11,22H,5H2,1-4H3,(H,23,25). The topological polar surface area (TPSA) is 66.6 Å². The van der Waals surface area contributed by atoms with Gasteiger partial charge in [-0.05, 0) is 31.2 Å². The molecule has 0 saturated carbocycles.